The van der Waals surface area contributed by atoms with Crippen molar-refractivity contribution in [1.29, 1.82) is 0 Å². The van der Waals surface area contributed by atoms with E-state index in [9.17, 15) is 0 Å². The number of hydrogen-bond donors (Lipinski definition) is 0. The second-order valence-electron chi connectivity index (χ2n) is 26.8. The second kappa shape index (κ2) is 26.0. The van der Waals surface area contributed by atoms with Crippen molar-refractivity contribution >= 4 is 0 Å². The lowest BCUT2D eigenvalue weighted by molar-refractivity contribution is 0.346. The van der Waals surface area contributed by atoms with Crippen LogP contribution in [0.25, 0.3) is 0 Å². The molecule has 1 atom stereocenters. The van der Waals surface area contributed by atoms with Gasteiger partial charge in [-0.3, -0.25) is 0 Å². The van der Waals surface area contributed by atoms with E-state index in [1.807, 2.05) is 0 Å². The Morgan fingerprint density at radius 1 is 0.250 bits per heavy atom. The van der Waals surface area contributed by atoms with E-state index in [-0.39, 0.29) is 37.9 Å². The van der Waals surface area contributed by atoms with E-state index in [0.29, 0.717) is 0 Å². The molecule has 2 aliphatic rings. The highest BCUT2D eigenvalue weighted by molar-refractivity contribution is 5.52. The van der Waals surface area contributed by atoms with Gasteiger partial charge in [-0.05, 0) is 97.0 Å². The van der Waals surface area contributed by atoms with Crippen molar-refractivity contribution in [2.24, 2.45) is 0 Å². The van der Waals surface area contributed by atoms with Gasteiger partial charge in [0.05, 0.1) is 0 Å². The molecule has 0 saturated heterocycles. The van der Waals surface area contributed by atoms with Crippen molar-refractivity contribution in [2.75, 3.05) is 0 Å². The molecule has 0 radical (unpaired) electrons. The van der Waals surface area contributed by atoms with Gasteiger partial charge in [0, 0.05) is 32.5 Å². The van der Waals surface area contributed by atoms with Crippen LogP contribution >= 0.6 is 0 Å². The Kier molecular flexibility index (Phi) is 18.8. The average Bonchev–Trinajstić information content (AvgIpc) is 2.11. The van der Waals surface area contributed by atoms with Gasteiger partial charge in [0.2, 0.25) is 0 Å². The average molecular weight is 1100 g/mol. The Morgan fingerprint density at radius 3 is 0.857 bits per heavy atom. The first-order valence-corrected chi connectivity index (χ1v) is 31.0. The lowest BCUT2D eigenvalue weighted by Gasteiger charge is -2.38. The van der Waals surface area contributed by atoms with Crippen LogP contribution in [-0.4, -0.2) is 0 Å². The summed E-state index contributed by atoms with van der Waals surface area (Å²) >= 11 is 0. The zero-order valence-corrected chi connectivity index (χ0v) is 52.4. The van der Waals surface area contributed by atoms with E-state index in [1.54, 1.807) is 0 Å². The summed E-state index contributed by atoms with van der Waals surface area (Å²) in [5.74, 6) is 0. The van der Waals surface area contributed by atoms with Crippen molar-refractivity contribution in [3.8, 4) is 0 Å². The Morgan fingerprint density at radius 2 is 0.512 bits per heavy atom. The third kappa shape index (κ3) is 13.3. The fourth-order valence-electron chi connectivity index (χ4n) is 13.8. The molecule has 84 heavy (non-hydrogen) atoms. The fourth-order valence-corrected chi connectivity index (χ4v) is 13.8. The first kappa shape index (κ1) is 60.8. The molecule has 0 aromatic heterocycles. The summed E-state index contributed by atoms with van der Waals surface area (Å²) in [6.45, 7) is 25.5. The molecule has 0 amide bonds. The van der Waals surface area contributed by atoms with Crippen LogP contribution in [0, 0.1) is 0 Å². The third-order valence-electron chi connectivity index (χ3n) is 19.4. The molecule has 0 nitrogen and oxygen atoms in total. The van der Waals surface area contributed by atoms with Crippen LogP contribution in [0.4, 0.5) is 0 Å². The Balaban J connectivity index is 0.000000135. The van der Waals surface area contributed by atoms with Crippen LogP contribution in [0.3, 0.4) is 0 Å². The van der Waals surface area contributed by atoms with Gasteiger partial charge in [0.1, 0.15) is 0 Å². The summed E-state index contributed by atoms with van der Waals surface area (Å²) in [5.41, 5.74) is 18.9. The number of hydrogen-bond acceptors (Lipinski definition) is 0. The minimum absolute atomic E-state index is 0.00988. The van der Waals surface area contributed by atoms with Crippen molar-refractivity contribution in [1.82, 2.24) is 0 Å². The molecule has 0 N–H and O–H groups in total. The zero-order chi connectivity index (χ0) is 59.5. The molecule has 428 valence electrons. The number of fused-ring (bicyclic) bond motifs is 1. The predicted octanol–water partition coefficient (Wildman–Crippen LogP) is 22.3. The highest BCUT2D eigenvalue weighted by Gasteiger charge is 2.45. The molecule has 2 aliphatic carbocycles. The van der Waals surface area contributed by atoms with Crippen LogP contribution in [0.2, 0.25) is 0 Å². The van der Waals surface area contributed by atoms with Gasteiger partial charge < -0.3 is 0 Å². The molecule has 0 heterocycles. The van der Waals surface area contributed by atoms with E-state index < -0.39 is 0 Å². The van der Waals surface area contributed by atoms with Crippen LogP contribution in [-0.2, 0) is 37.9 Å². The molecular formula is C84H92. The lowest BCUT2D eigenvalue weighted by Crippen LogP contribution is -2.30. The standard InChI is InChI=1S/2C24H26.2C18H20/c1-23(2,19-12-7-5-8-13-19)21-16-11-17-22(18-21)24(3,4)20-14-9-6-10-15-20;1-23(2,19-11-7-5-8-12-19)21-15-17-22(18-16-21)24(3,4)20-13-9-6-10-14-20;1-17(2)13-18(3,14-9-5-4-6-10-14)16-12-8-7-11-15(16)17;1-4-10-16(11-5-1)18(14-8-3-9-15-18)17-12-6-2-7-13-17/h2*5-18H,1-4H3;4-12H,13H2,1-3H3;1-2,4-7,10-13H,3,8-9,14-15H2. The summed E-state index contributed by atoms with van der Waals surface area (Å²) in [6, 6.07) is 103. The number of benzene rings is 10. The van der Waals surface area contributed by atoms with Crippen molar-refractivity contribution in [3.05, 3.63) is 357 Å². The highest BCUT2D eigenvalue weighted by atomic mass is 14.5. The van der Waals surface area contributed by atoms with Crippen molar-refractivity contribution in [3.63, 3.8) is 0 Å². The monoisotopic (exact) mass is 1100 g/mol. The minimum atomic E-state index is -0.00988. The normalized spacial score (nSPS) is 16.2. The zero-order valence-electron chi connectivity index (χ0n) is 52.4. The summed E-state index contributed by atoms with van der Waals surface area (Å²) < 4.78 is 0. The van der Waals surface area contributed by atoms with Gasteiger partial charge in [-0.2, -0.15) is 0 Å². The van der Waals surface area contributed by atoms with Crippen LogP contribution in [0.1, 0.15) is 187 Å². The largest absolute Gasteiger partial charge is 0.0622 e. The van der Waals surface area contributed by atoms with Crippen LogP contribution < -0.4 is 0 Å². The van der Waals surface area contributed by atoms with E-state index in [1.165, 1.54) is 111 Å². The van der Waals surface area contributed by atoms with Gasteiger partial charge in [-0.25, -0.2) is 0 Å². The van der Waals surface area contributed by atoms with Gasteiger partial charge in [-0.1, -0.05) is 381 Å². The maximum Gasteiger partial charge on any atom is 0.0202 e. The van der Waals surface area contributed by atoms with Crippen LogP contribution in [0.5, 0.6) is 0 Å². The number of rotatable bonds is 11. The van der Waals surface area contributed by atoms with E-state index >= 15 is 0 Å². The molecule has 0 heteroatoms. The van der Waals surface area contributed by atoms with Gasteiger partial charge in [0.15, 0.2) is 0 Å². The summed E-state index contributed by atoms with van der Waals surface area (Å²) in [6.07, 6.45) is 7.86. The lowest BCUT2D eigenvalue weighted by atomic mass is 9.65. The molecular weight excluding hydrogens is 1010 g/mol. The SMILES string of the molecule is CC(C)(c1ccccc1)c1ccc(C(C)(C)c2ccccc2)cc1.CC(C)(c1ccccc1)c1cccc(C(C)(C)c2ccccc2)c1.CC1(C)CC(C)(c2ccccc2)c2ccccc21.c1ccc(C2(c3ccccc3)CCCCC2)cc1. The minimum Gasteiger partial charge on any atom is -0.0622 e. The van der Waals surface area contributed by atoms with E-state index in [0.717, 1.165) is 0 Å². The molecule has 12 rings (SSSR count). The molecule has 10 aromatic rings. The van der Waals surface area contributed by atoms with Gasteiger partial charge in [0.25, 0.3) is 0 Å². The summed E-state index contributed by atoms with van der Waals surface area (Å²) in [5, 5.41) is 0. The first-order chi connectivity index (χ1) is 40.3. The maximum absolute atomic E-state index is 2.38. The van der Waals surface area contributed by atoms with E-state index in [4.69, 9.17) is 0 Å². The quantitative estimate of drug-likeness (QED) is 0.121. The Bertz CT molecular complexity index is 3410. The maximum atomic E-state index is 2.38. The highest BCUT2D eigenvalue weighted by Crippen LogP contribution is 2.52. The van der Waals surface area contributed by atoms with Crippen molar-refractivity contribution in [2.45, 2.75) is 153 Å². The summed E-state index contributed by atoms with van der Waals surface area (Å²) in [7, 11) is 0. The topological polar surface area (TPSA) is 0 Å². The fraction of sp³-hybridized carbons (Fsp3) is 0.286. The first-order valence-electron chi connectivity index (χ1n) is 31.0. The molecule has 0 aliphatic heterocycles. The van der Waals surface area contributed by atoms with E-state index in [2.05, 4.69) is 361 Å². The molecule has 0 spiro atoms. The van der Waals surface area contributed by atoms with Crippen LogP contribution in [0.15, 0.2) is 285 Å². The molecule has 1 fully saturated rings. The summed E-state index contributed by atoms with van der Waals surface area (Å²) in [4.78, 5) is 0. The molecule has 10 aromatic carbocycles. The smallest absolute Gasteiger partial charge is 0.0202 e. The molecule has 1 saturated carbocycles. The molecule has 1 unspecified atom stereocenters. The molecule has 0 bridgehead atoms. The van der Waals surface area contributed by atoms with Crippen molar-refractivity contribution < 1.29 is 0 Å². The predicted molar refractivity (Wildman–Crippen MR) is 361 cm³/mol. The Labute approximate surface area is 507 Å². The third-order valence-corrected chi connectivity index (χ3v) is 19.4. The Hall–Kier alpha value is -7.80. The second-order valence-corrected chi connectivity index (χ2v) is 26.8. The van der Waals surface area contributed by atoms with Gasteiger partial charge in [-0.15, -0.1) is 0 Å². The van der Waals surface area contributed by atoms with Gasteiger partial charge >= 0.3 is 0 Å².